The number of thiophene rings is 1. The van der Waals surface area contributed by atoms with E-state index in [0.717, 1.165) is 11.3 Å². The number of benzene rings is 1. The van der Waals surface area contributed by atoms with Crippen LogP contribution in [0.4, 0.5) is 9.39 Å². The Morgan fingerprint density at radius 3 is 2.52 bits per heavy atom. The van der Waals surface area contributed by atoms with E-state index in [2.05, 4.69) is 5.32 Å². The van der Waals surface area contributed by atoms with Crippen LogP contribution in [0.15, 0.2) is 24.3 Å². The fourth-order valence-electron chi connectivity index (χ4n) is 2.38. The van der Waals surface area contributed by atoms with Gasteiger partial charge in [0, 0.05) is 0 Å². The number of hydrogen-bond acceptors (Lipinski definition) is 6. The third-order valence-electron chi connectivity index (χ3n) is 3.69. The lowest BCUT2D eigenvalue weighted by Gasteiger charge is -2.15. The lowest BCUT2D eigenvalue weighted by Crippen LogP contribution is -2.30. The smallest absolute Gasteiger partial charge is 0.341 e. The Bertz CT molecular complexity index is 877. The van der Waals surface area contributed by atoms with Gasteiger partial charge >= 0.3 is 5.97 Å². The number of carbonyl (C=O) groups is 3. The van der Waals surface area contributed by atoms with Crippen LogP contribution in [0.5, 0.6) is 5.75 Å². The molecular formula is C19H20FNO5S. The Hall–Kier alpha value is -2.74. The number of nitrogens with one attached hydrogen (secondary N) is 1. The fraction of sp³-hybridized carbons (Fsp3) is 0.316. The molecule has 144 valence electrons. The highest BCUT2D eigenvalue weighted by Crippen LogP contribution is 2.34. The first-order chi connectivity index (χ1) is 12.8. The molecule has 1 aromatic carbocycles. The number of hydrogen-bond donors (Lipinski definition) is 1. The maximum atomic E-state index is 13.7. The molecule has 0 spiro atoms. The van der Waals surface area contributed by atoms with E-state index in [0.29, 0.717) is 10.4 Å². The van der Waals surface area contributed by atoms with Crippen molar-refractivity contribution in [1.29, 1.82) is 0 Å². The van der Waals surface area contributed by atoms with Crippen LogP contribution in [-0.4, -0.2) is 30.4 Å². The summed E-state index contributed by atoms with van der Waals surface area (Å²) in [7, 11) is 0. The minimum absolute atomic E-state index is 0.0578. The highest BCUT2D eigenvalue weighted by atomic mass is 32.1. The van der Waals surface area contributed by atoms with Crippen LogP contribution in [0, 0.1) is 12.7 Å². The number of ketones is 1. The zero-order valence-electron chi connectivity index (χ0n) is 15.4. The summed E-state index contributed by atoms with van der Waals surface area (Å²) in [5.74, 6) is -2.08. The molecule has 1 N–H and O–H groups in total. The normalized spacial score (nSPS) is 11.6. The number of esters is 1. The zero-order valence-corrected chi connectivity index (χ0v) is 16.2. The minimum Gasteiger partial charge on any atom is -0.478 e. The molecule has 0 aliphatic heterocycles. The number of rotatable bonds is 7. The van der Waals surface area contributed by atoms with Gasteiger partial charge in [-0.3, -0.25) is 9.59 Å². The predicted octanol–water partition coefficient (Wildman–Crippen LogP) is 3.98. The zero-order chi connectivity index (χ0) is 20.1. The molecule has 8 heteroatoms. The van der Waals surface area contributed by atoms with E-state index in [4.69, 9.17) is 9.47 Å². The first-order valence-corrected chi connectivity index (χ1v) is 9.11. The molecule has 1 atom stereocenters. The molecule has 1 heterocycles. The summed E-state index contributed by atoms with van der Waals surface area (Å²) in [6.07, 6.45) is -1.03. The number of anilines is 1. The quantitative estimate of drug-likeness (QED) is 0.568. The number of amides is 1. The molecule has 0 saturated carbocycles. The second kappa shape index (κ2) is 8.77. The fourth-order valence-corrected chi connectivity index (χ4v) is 3.48. The number of Topliss-reactive ketones (excluding diaryl/α,β-unsaturated/α-hetero) is 1. The van der Waals surface area contributed by atoms with Crippen molar-refractivity contribution in [2.24, 2.45) is 0 Å². The number of carbonyl (C=O) groups excluding carboxylic acids is 3. The van der Waals surface area contributed by atoms with Crippen molar-refractivity contribution in [3.8, 4) is 5.75 Å². The standard InChI is InChI=1S/C19H20FNO5S/c1-5-25-19(24)15-10(2)16(11(3)22)27-18(15)21-17(23)12(4)26-14-9-7-6-8-13(14)20/h6-9,12H,5H2,1-4H3,(H,21,23). The molecule has 0 bridgehead atoms. The van der Waals surface area contributed by atoms with E-state index in [9.17, 15) is 18.8 Å². The highest BCUT2D eigenvalue weighted by Gasteiger charge is 2.27. The molecule has 6 nitrogen and oxygen atoms in total. The Morgan fingerprint density at radius 1 is 1.26 bits per heavy atom. The monoisotopic (exact) mass is 393 g/mol. The van der Waals surface area contributed by atoms with Gasteiger partial charge in [-0.25, -0.2) is 9.18 Å². The molecule has 1 aromatic heterocycles. The van der Waals surface area contributed by atoms with E-state index in [1.54, 1.807) is 19.9 Å². The Labute approximate surface area is 160 Å². The third kappa shape index (κ3) is 4.71. The van der Waals surface area contributed by atoms with Gasteiger partial charge in [-0.05, 0) is 45.4 Å². The number of ether oxygens (including phenoxy) is 2. The maximum absolute atomic E-state index is 13.7. The number of para-hydroxylation sites is 1. The minimum atomic E-state index is -1.03. The lowest BCUT2D eigenvalue weighted by atomic mass is 10.1. The van der Waals surface area contributed by atoms with Crippen molar-refractivity contribution in [3.05, 3.63) is 46.1 Å². The van der Waals surface area contributed by atoms with Gasteiger partial charge < -0.3 is 14.8 Å². The highest BCUT2D eigenvalue weighted by molar-refractivity contribution is 7.18. The molecule has 1 amide bonds. The molecule has 0 fully saturated rings. The van der Waals surface area contributed by atoms with Gasteiger partial charge in [-0.15, -0.1) is 11.3 Å². The number of halogens is 1. The van der Waals surface area contributed by atoms with Gasteiger partial charge in [-0.2, -0.15) is 0 Å². The molecule has 0 aliphatic carbocycles. The summed E-state index contributed by atoms with van der Waals surface area (Å²) in [5, 5.41) is 2.78. The first kappa shape index (κ1) is 20.6. The van der Waals surface area contributed by atoms with Crippen molar-refractivity contribution < 1.29 is 28.2 Å². The summed E-state index contributed by atoms with van der Waals surface area (Å²) in [5.41, 5.74) is 0.586. The van der Waals surface area contributed by atoms with Gasteiger partial charge in [-0.1, -0.05) is 12.1 Å². The van der Waals surface area contributed by atoms with Gasteiger partial charge in [0.05, 0.1) is 17.0 Å². The van der Waals surface area contributed by atoms with E-state index >= 15 is 0 Å². The summed E-state index contributed by atoms with van der Waals surface area (Å²) < 4.78 is 24.1. The van der Waals surface area contributed by atoms with Crippen molar-refractivity contribution in [2.45, 2.75) is 33.8 Å². The van der Waals surface area contributed by atoms with Crippen LogP contribution >= 0.6 is 11.3 Å². The Kier molecular flexibility index (Phi) is 6.68. The summed E-state index contributed by atoms with van der Waals surface area (Å²) in [4.78, 5) is 36.9. The summed E-state index contributed by atoms with van der Waals surface area (Å²) in [6.45, 7) is 6.27. The van der Waals surface area contributed by atoms with Gasteiger partial charge in [0.25, 0.3) is 5.91 Å². The molecule has 2 aromatic rings. The van der Waals surface area contributed by atoms with Gasteiger partial charge in [0.15, 0.2) is 23.5 Å². The molecule has 0 radical (unpaired) electrons. The van der Waals surface area contributed by atoms with E-state index in [1.807, 2.05) is 0 Å². The molecule has 2 rings (SSSR count). The SMILES string of the molecule is CCOC(=O)c1c(NC(=O)C(C)Oc2ccccc2F)sc(C(C)=O)c1C. The van der Waals surface area contributed by atoms with Crippen LogP contribution in [0.25, 0.3) is 0 Å². The van der Waals surface area contributed by atoms with Crippen molar-refractivity contribution in [3.63, 3.8) is 0 Å². The third-order valence-corrected chi connectivity index (χ3v) is 5.00. The van der Waals surface area contributed by atoms with Crippen LogP contribution in [0.3, 0.4) is 0 Å². The Balaban J connectivity index is 2.25. The summed E-state index contributed by atoms with van der Waals surface area (Å²) >= 11 is 0.992. The second-order valence-corrected chi connectivity index (χ2v) is 6.74. The summed E-state index contributed by atoms with van der Waals surface area (Å²) in [6, 6.07) is 5.73. The van der Waals surface area contributed by atoms with Crippen LogP contribution in [0.1, 0.15) is 46.4 Å². The Morgan fingerprint density at radius 2 is 1.93 bits per heavy atom. The van der Waals surface area contributed by atoms with Crippen LogP contribution < -0.4 is 10.1 Å². The van der Waals surface area contributed by atoms with Gasteiger partial charge in [0.1, 0.15) is 5.00 Å². The topological polar surface area (TPSA) is 81.7 Å². The van der Waals surface area contributed by atoms with Crippen molar-refractivity contribution >= 4 is 34.0 Å². The lowest BCUT2D eigenvalue weighted by molar-refractivity contribution is -0.122. The van der Waals surface area contributed by atoms with Crippen molar-refractivity contribution in [1.82, 2.24) is 0 Å². The first-order valence-electron chi connectivity index (χ1n) is 8.29. The van der Waals surface area contributed by atoms with E-state index < -0.39 is 23.8 Å². The molecule has 1 unspecified atom stereocenters. The average Bonchev–Trinajstić information content (AvgIpc) is 2.93. The molecule has 27 heavy (non-hydrogen) atoms. The predicted molar refractivity (Wildman–Crippen MR) is 100 cm³/mol. The average molecular weight is 393 g/mol. The molecule has 0 aliphatic rings. The van der Waals surface area contributed by atoms with E-state index in [1.165, 1.54) is 32.0 Å². The van der Waals surface area contributed by atoms with Crippen LogP contribution in [-0.2, 0) is 9.53 Å². The second-order valence-electron chi connectivity index (χ2n) is 5.72. The van der Waals surface area contributed by atoms with Gasteiger partial charge in [0.2, 0.25) is 0 Å². The van der Waals surface area contributed by atoms with Crippen LogP contribution in [0.2, 0.25) is 0 Å². The molecular weight excluding hydrogens is 373 g/mol. The maximum Gasteiger partial charge on any atom is 0.341 e. The largest absolute Gasteiger partial charge is 0.478 e. The van der Waals surface area contributed by atoms with Crippen molar-refractivity contribution in [2.75, 3.05) is 11.9 Å². The van der Waals surface area contributed by atoms with E-state index in [-0.39, 0.29) is 28.7 Å². The molecule has 0 saturated heterocycles.